The van der Waals surface area contributed by atoms with Gasteiger partial charge in [-0.3, -0.25) is 4.79 Å². The average Bonchev–Trinajstić information content (AvgIpc) is 2.31. The zero-order valence-corrected chi connectivity index (χ0v) is 11.9. The van der Waals surface area contributed by atoms with Crippen LogP contribution in [0.25, 0.3) is 0 Å². The Morgan fingerprint density at radius 2 is 2.22 bits per heavy atom. The lowest BCUT2D eigenvalue weighted by Crippen LogP contribution is -2.45. The Kier molecular flexibility index (Phi) is 5.45. The number of rotatable bonds is 1. The van der Waals surface area contributed by atoms with Gasteiger partial charge in [-0.05, 0) is 37.5 Å². The lowest BCUT2D eigenvalue weighted by Gasteiger charge is -2.31. The monoisotopic (exact) mass is 288 g/mol. The first-order valence-electron chi connectivity index (χ1n) is 5.89. The minimum Gasteiger partial charge on any atom is -0.337 e. The van der Waals surface area contributed by atoms with E-state index < -0.39 is 0 Å². The fraction of sp³-hybridized carbons (Fsp3) is 0.462. The minimum atomic E-state index is 0. The number of carbonyl (C=O) groups is 1. The van der Waals surface area contributed by atoms with Gasteiger partial charge in [0, 0.05) is 29.7 Å². The molecule has 100 valence electrons. The Morgan fingerprint density at radius 3 is 2.89 bits per heavy atom. The highest BCUT2D eigenvalue weighted by Gasteiger charge is 2.23. The third-order valence-electron chi connectivity index (χ3n) is 3.18. The van der Waals surface area contributed by atoms with E-state index >= 15 is 0 Å². The van der Waals surface area contributed by atoms with Crippen molar-refractivity contribution >= 4 is 29.9 Å². The Morgan fingerprint density at radius 1 is 1.50 bits per heavy atom. The van der Waals surface area contributed by atoms with Crippen LogP contribution >= 0.6 is 24.0 Å². The highest BCUT2D eigenvalue weighted by atomic mass is 35.5. The van der Waals surface area contributed by atoms with Crippen molar-refractivity contribution in [3.05, 3.63) is 34.3 Å². The number of halogens is 2. The lowest BCUT2D eigenvalue weighted by atomic mass is 10.0. The number of hydrogen-bond donors (Lipinski definition) is 1. The van der Waals surface area contributed by atoms with Crippen LogP contribution in [0.5, 0.6) is 0 Å². The molecule has 1 fully saturated rings. The number of benzene rings is 1. The van der Waals surface area contributed by atoms with E-state index in [9.17, 15) is 4.79 Å². The van der Waals surface area contributed by atoms with E-state index in [1.54, 1.807) is 12.1 Å². The molecule has 0 saturated carbocycles. The molecule has 0 aliphatic carbocycles. The number of piperidine rings is 1. The minimum absolute atomic E-state index is 0. The third kappa shape index (κ3) is 3.37. The van der Waals surface area contributed by atoms with Gasteiger partial charge >= 0.3 is 0 Å². The van der Waals surface area contributed by atoms with Gasteiger partial charge in [0.05, 0.1) is 0 Å². The zero-order valence-electron chi connectivity index (χ0n) is 10.4. The van der Waals surface area contributed by atoms with Crippen molar-refractivity contribution in [3.63, 3.8) is 0 Å². The Hall–Kier alpha value is -0.770. The fourth-order valence-electron chi connectivity index (χ4n) is 2.19. The SMILES string of the molecule is Cc1ccc(Cl)cc1C(=O)N1CCCC(N)C1.Cl. The Labute approximate surface area is 119 Å². The van der Waals surface area contributed by atoms with Gasteiger partial charge in [-0.1, -0.05) is 17.7 Å². The summed E-state index contributed by atoms with van der Waals surface area (Å²) < 4.78 is 0. The van der Waals surface area contributed by atoms with E-state index in [-0.39, 0.29) is 24.4 Å². The first-order chi connectivity index (χ1) is 8.08. The summed E-state index contributed by atoms with van der Waals surface area (Å²) in [7, 11) is 0. The number of hydrogen-bond acceptors (Lipinski definition) is 2. The predicted molar refractivity (Wildman–Crippen MR) is 76.5 cm³/mol. The summed E-state index contributed by atoms with van der Waals surface area (Å²) in [6.07, 6.45) is 1.98. The predicted octanol–water partition coefficient (Wildman–Crippen LogP) is 2.63. The van der Waals surface area contributed by atoms with Gasteiger partial charge in [0.15, 0.2) is 0 Å². The third-order valence-corrected chi connectivity index (χ3v) is 3.41. The summed E-state index contributed by atoms with van der Waals surface area (Å²) in [6, 6.07) is 5.51. The van der Waals surface area contributed by atoms with Gasteiger partial charge in [-0.25, -0.2) is 0 Å². The number of nitrogens with zero attached hydrogens (tertiary/aromatic N) is 1. The molecular weight excluding hydrogens is 271 g/mol. The van der Waals surface area contributed by atoms with Crippen molar-refractivity contribution in [2.24, 2.45) is 5.73 Å². The van der Waals surface area contributed by atoms with Crippen molar-refractivity contribution in [2.45, 2.75) is 25.8 Å². The quantitative estimate of drug-likeness (QED) is 0.864. The number of likely N-dealkylation sites (tertiary alicyclic amines) is 1. The molecule has 1 heterocycles. The molecule has 2 N–H and O–H groups in total. The van der Waals surface area contributed by atoms with Crippen LogP contribution in [0.4, 0.5) is 0 Å². The Balaban J connectivity index is 0.00000162. The zero-order chi connectivity index (χ0) is 12.4. The van der Waals surface area contributed by atoms with E-state index in [1.807, 2.05) is 17.9 Å². The largest absolute Gasteiger partial charge is 0.337 e. The molecule has 5 heteroatoms. The first kappa shape index (κ1) is 15.3. The van der Waals surface area contributed by atoms with Crippen LogP contribution in [0, 0.1) is 6.92 Å². The molecule has 0 bridgehead atoms. The fourth-order valence-corrected chi connectivity index (χ4v) is 2.36. The maximum absolute atomic E-state index is 12.3. The molecule has 1 aliphatic heterocycles. The van der Waals surface area contributed by atoms with E-state index in [2.05, 4.69) is 0 Å². The van der Waals surface area contributed by atoms with E-state index in [0.717, 1.165) is 24.9 Å². The summed E-state index contributed by atoms with van der Waals surface area (Å²) in [5.74, 6) is 0.0418. The van der Waals surface area contributed by atoms with Crippen LogP contribution in [-0.2, 0) is 0 Å². The maximum atomic E-state index is 12.3. The van der Waals surface area contributed by atoms with E-state index in [4.69, 9.17) is 17.3 Å². The smallest absolute Gasteiger partial charge is 0.254 e. The summed E-state index contributed by atoms with van der Waals surface area (Å²) in [5, 5.41) is 0.597. The van der Waals surface area contributed by atoms with Gasteiger partial charge in [0.25, 0.3) is 5.91 Å². The number of aryl methyl sites for hydroxylation is 1. The summed E-state index contributed by atoms with van der Waals surface area (Å²) in [5.41, 5.74) is 7.53. The highest BCUT2D eigenvalue weighted by molar-refractivity contribution is 6.31. The topological polar surface area (TPSA) is 46.3 Å². The van der Waals surface area contributed by atoms with Gasteiger partial charge in [-0.15, -0.1) is 12.4 Å². The normalized spacial score (nSPS) is 19.3. The molecule has 3 nitrogen and oxygen atoms in total. The molecule has 1 aromatic carbocycles. The molecule has 1 amide bonds. The maximum Gasteiger partial charge on any atom is 0.254 e. The molecule has 0 aromatic heterocycles. The Bertz CT molecular complexity index is 437. The van der Waals surface area contributed by atoms with Gasteiger partial charge in [0.2, 0.25) is 0 Å². The highest BCUT2D eigenvalue weighted by Crippen LogP contribution is 2.19. The van der Waals surface area contributed by atoms with E-state index in [0.29, 0.717) is 17.1 Å². The molecule has 0 radical (unpaired) electrons. The standard InChI is InChI=1S/C13H17ClN2O.ClH/c1-9-4-5-10(14)7-12(9)13(17)16-6-2-3-11(15)8-16;/h4-5,7,11H,2-3,6,8,15H2,1H3;1H. The second kappa shape index (κ2) is 6.41. The van der Waals surface area contributed by atoms with Crippen molar-refractivity contribution < 1.29 is 4.79 Å². The molecule has 2 rings (SSSR count). The van der Waals surface area contributed by atoms with Crippen LogP contribution < -0.4 is 5.73 Å². The van der Waals surface area contributed by atoms with Crippen molar-refractivity contribution in [2.75, 3.05) is 13.1 Å². The molecule has 1 aliphatic rings. The molecule has 1 unspecified atom stereocenters. The summed E-state index contributed by atoms with van der Waals surface area (Å²) in [4.78, 5) is 14.2. The second-order valence-electron chi connectivity index (χ2n) is 4.61. The molecule has 1 atom stereocenters. The van der Waals surface area contributed by atoms with Crippen molar-refractivity contribution in [3.8, 4) is 0 Å². The first-order valence-corrected chi connectivity index (χ1v) is 6.26. The molecular formula is C13H18Cl2N2O. The molecule has 1 saturated heterocycles. The number of amides is 1. The van der Waals surface area contributed by atoms with Gasteiger partial charge in [0.1, 0.15) is 0 Å². The van der Waals surface area contributed by atoms with Crippen LogP contribution in [-0.4, -0.2) is 29.9 Å². The lowest BCUT2D eigenvalue weighted by molar-refractivity contribution is 0.0708. The average molecular weight is 289 g/mol. The molecule has 0 spiro atoms. The van der Waals surface area contributed by atoms with Crippen LogP contribution in [0.2, 0.25) is 5.02 Å². The van der Waals surface area contributed by atoms with Gasteiger partial charge < -0.3 is 10.6 Å². The van der Waals surface area contributed by atoms with Gasteiger partial charge in [-0.2, -0.15) is 0 Å². The van der Waals surface area contributed by atoms with Crippen LogP contribution in [0.15, 0.2) is 18.2 Å². The number of carbonyl (C=O) groups excluding carboxylic acids is 1. The van der Waals surface area contributed by atoms with E-state index in [1.165, 1.54) is 0 Å². The molecule has 1 aromatic rings. The van der Waals surface area contributed by atoms with Crippen molar-refractivity contribution in [1.29, 1.82) is 0 Å². The summed E-state index contributed by atoms with van der Waals surface area (Å²) in [6.45, 7) is 3.36. The second-order valence-corrected chi connectivity index (χ2v) is 5.05. The molecule has 18 heavy (non-hydrogen) atoms. The van der Waals surface area contributed by atoms with Crippen LogP contribution in [0.1, 0.15) is 28.8 Å². The van der Waals surface area contributed by atoms with Crippen LogP contribution in [0.3, 0.4) is 0 Å². The summed E-state index contributed by atoms with van der Waals surface area (Å²) >= 11 is 5.93. The van der Waals surface area contributed by atoms with Crippen molar-refractivity contribution in [1.82, 2.24) is 4.90 Å². The number of nitrogens with two attached hydrogens (primary N) is 1.